The van der Waals surface area contributed by atoms with E-state index >= 15 is 0 Å². The lowest BCUT2D eigenvalue weighted by Gasteiger charge is -2.25. The highest BCUT2D eigenvalue weighted by Crippen LogP contribution is 2.21. The Morgan fingerprint density at radius 2 is 2.20 bits per heavy atom. The monoisotopic (exact) mass is 320 g/mol. The van der Waals surface area contributed by atoms with Gasteiger partial charge in [0.25, 0.3) is 0 Å². The van der Waals surface area contributed by atoms with Crippen molar-refractivity contribution < 1.29 is 9.53 Å². The molecule has 0 spiro atoms. The molecule has 0 aliphatic carbocycles. The molecule has 1 amide bonds. The van der Waals surface area contributed by atoms with Crippen LogP contribution in [-0.2, 0) is 9.53 Å². The molecule has 0 fully saturated rings. The fourth-order valence-corrected chi connectivity index (χ4v) is 1.90. The minimum absolute atomic E-state index is 0. The lowest BCUT2D eigenvalue weighted by Crippen LogP contribution is -2.38. The molecule has 0 aliphatic rings. The van der Waals surface area contributed by atoms with E-state index < -0.39 is 0 Å². The van der Waals surface area contributed by atoms with Gasteiger partial charge in [0.2, 0.25) is 5.91 Å². The van der Waals surface area contributed by atoms with E-state index in [1.807, 2.05) is 31.2 Å². The molecular weight excluding hydrogens is 299 g/mol. The molecule has 0 aliphatic heterocycles. The first-order chi connectivity index (χ1) is 9.06. The maximum absolute atomic E-state index is 12.0. The maximum atomic E-state index is 12.0. The van der Waals surface area contributed by atoms with Crippen LogP contribution in [0.25, 0.3) is 0 Å². The van der Waals surface area contributed by atoms with Crippen molar-refractivity contribution in [2.45, 2.75) is 13.0 Å². The SMILES string of the molecule is COCCNCC(=O)N(C)C(C)c1cccc(Cl)c1.Cl. The summed E-state index contributed by atoms with van der Waals surface area (Å²) in [6.07, 6.45) is 0. The Bertz CT molecular complexity index is 416. The van der Waals surface area contributed by atoms with Crippen LogP contribution in [0.4, 0.5) is 0 Å². The number of rotatable bonds is 7. The van der Waals surface area contributed by atoms with E-state index in [1.54, 1.807) is 19.1 Å². The van der Waals surface area contributed by atoms with Gasteiger partial charge in [-0.05, 0) is 24.6 Å². The predicted octanol–water partition coefficient (Wildman–Crippen LogP) is 2.52. The molecule has 20 heavy (non-hydrogen) atoms. The zero-order valence-corrected chi connectivity index (χ0v) is 13.6. The third kappa shape index (κ3) is 6.09. The highest BCUT2D eigenvalue weighted by molar-refractivity contribution is 6.30. The highest BCUT2D eigenvalue weighted by atomic mass is 35.5. The minimum atomic E-state index is -0.00424. The zero-order chi connectivity index (χ0) is 14.3. The average Bonchev–Trinajstić information content (AvgIpc) is 2.41. The molecule has 6 heteroatoms. The Labute approximate surface area is 131 Å². The zero-order valence-electron chi connectivity index (χ0n) is 12.1. The first-order valence-electron chi connectivity index (χ1n) is 6.27. The second-order valence-electron chi connectivity index (χ2n) is 4.41. The van der Waals surface area contributed by atoms with Crippen molar-refractivity contribution >= 4 is 29.9 Å². The molecule has 0 saturated carbocycles. The van der Waals surface area contributed by atoms with Crippen molar-refractivity contribution in [3.8, 4) is 0 Å². The lowest BCUT2D eigenvalue weighted by atomic mass is 10.1. The smallest absolute Gasteiger partial charge is 0.236 e. The summed E-state index contributed by atoms with van der Waals surface area (Å²) in [6, 6.07) is 7.57. The number of benzene rings is 1. The van der Waals surface area contributed by atoms with E-state index in [0.29, 0.717) is 24.7 Å². The van der Waals surface area contributed by atoms with Crippen LogP contribution in [0, 0.1) is 0 Å². The normalized spacial score (nSPS) is 11.6. The molecule has 0 saturated heterocycles. The van der Waals surface area contributed by atoms with E-state index in [1.165, 1.54) is 0 Å². The predicted molar refractivity (Wildman–Crippen MR) is 84.6 cm³/mol. The summed E-state index contributed by atoms with van der Waals surface area (Å²) in [6.45, 7) is 3.56. The molecule has 1 N–H and O–H groups in total. The molecule has 1 unspecified atom stereocenters. The van der Waals surface area contributed by atoms with Crippen LogP contribution in [0.2, 0.25) is 5.02 Å². The van der Waals surface area contributed by atoms with Gasteiger partial charge in [-0.3, -0.25) is 4.79 Å². The number of likely N-dealkylation sites (N-methyl/N-ethyl adjacent to an activating group) is 1. The van der Waals surface area contributed by atoms with Gasteiger partial charge in [-0.15, -0.1) is 12.4 Å². The van der Waals surface area contributed by atoms with E-state index in [2.05, 4.69) is 5.32 Å². The summed E-state index contributed by atoms with van der Waals surface area (Å²) in [5, 5.41) is 3.73. The molecule has 4 nitrogen and oxygen atoms in total. The second kappa shape index (κ2) is 10.00. The second-order valence-corrected chi connectivity index (χ2v) is 4.84. The number of hydrogen-bond donors (Lipinski definition) is 1. The third-order valence-electron chi connectivity index (χ3n) is 3.06. The fraction of sp³-hybridized carbons (Fsp3) is 0.500. The van der Waals surface area contributed by atoms with Crippen LogP contribution >= 0.6 is 24.0 Å². The molecule has 1 aromatic rings. The summed E-state index contributed by atoms with van der Waals surface area (Å²) in [5.74, 6) is 0.0450. The summed E-state index contributed by atoms with van der Waals surface area (Å²) >= 11 is 5.96. The van der Waals surface area contributed by atoms with Crippen LogP contribution in [0.5, 0.6) is 0 Å². The van der Waals surface area contributed by atoms with Crippen molar-refractivity contribution in [3.05, 3.63) is 34.9 Å². The quantitative estimate of drug-likeness (QED) is 0.785. The number of nitrogens with zero attached hydrogens (tertiary/aromatic N) is 1. The van der Waals surface area contributed by atoms with Crippen molar-refractivity contribution in [1.82, 2.24) is 10.2 Å². The van der Waals surface area contributed by atoms with Crippen LogP contribution in [-0.4, -0.2) is 44.7 Å². The largest absolute Gasteiger partial charge is 0.383 e. The van der Waals surface area contributed by atoms with Crippen molar-refractivity contribution in [2.24, 2.45) is 0 Å². The average molecular weight is 321 g/mol. The molecule has 0 heterocycles. The van der Waals surface area contributed by atoms with Crippen LogP contribution in [0.15, 0.2) is 24.3 Å². The van der Waals surface area contributed by atoms with E-state index in [9.17, 15) is 4.79 Å². The van der Waals surface area contributed by atoms with Gasteiger partial charge < -0.3 is 15.0 Å². The number of hydrogen-bond acceptors (Lipinski definition) is 3. The lowest BCUT2D eigenvalue weighted by molar-refractivity contribution is -0.130. The van der Waals surface area contributed by atoms with E-state index in [4.69, 9.17) is 16.3 Å². The molecular formula is C14H22Cl2N2O2. The number of ether oxygens (including phenoxy) is 1. The Kier molecular flexibility index (Phi) is 9.59. The number of carbonyl (C=O) groups excluding carboxylic acids is 1. The number of nitrogens with one attached hydrogen (secondary N) is 1. The van der Waals surface area contributed by atoms with Crippen molar-refractivity contribution in [1.29, 1.82) is 0 Å². The minimum Gasteiger partial charge on any atom is -0.383 e. The molecule has 1 rings (SSSR count). The summed E-state index contributed by atoms with van der Waals surface area (Å²) in [7, 11) is 3.43. The van der Waals surface area contributed by atoms with Gasteiger partial charge in [-0.25, -0.2) is 0 Å². The molecule has 1 atom stereocenters. The Hall–Kier alpha value is -0.810. The Morgan fingerprint density at radius 3 is 2.80 bits per heavy atom. The molecule has 0 radical (unpaired) electrons. The van der Waals surface area contributed by atoms with Crippen molar-refractivity contribution in [2.75, 3.05) is 33.9 Å². The standard InChI is InChI=1S/C14H21ClN2O2.ClH/c1-11(12-5-4-6-13(15)9-12)17(2)14(18)10-16-7-8-19-3;/h4-6,9,11,16H,7-8,10H2,1-3H3;1H. The van der Waals surface area contributed by atoms with Gasteiger partial charge in [0, 0.05) is 25.7 Å². The Balaban J connectivity index is 0.00000361. The first kappa shape index (κ1) is 19.2. The summed E-state index contributed by atoms with van der Waals surface area (Å²) in [4.78, 5) is 13.7. The van der Waals surface area contributed by atoms with E-state index in [-0.39, 0.29) is 24.4 Å². The van der Waals surface area contributed by atoms with Gasteiger partial charge in [-0.2, -0.15) is 0 Å². The van der Waals surface area contributed by atoms with Crippen LogP contribution in [0.3, 0.4) is 0 Å². The summed E-state index contributed by atoms with van der Waals surface area (Å²) in [5.41, 5.74) is 1.03. The molecule has 0 bridgehead atoms. The number of amides is 1. The number of carbonyl (C=O) groups is 1. The topological polar surface area (TPSA) is 41.6 Å². The molecule has 1 aromatic carbocycles. The number of halogens is 2. The fourth-order valence-electron chi connectivity index (χ4n) is 1.70. The van der Waals surface area contributed by atoms with Gasteiger partial charge in [0.1, 0.15) is 0 Å². The highest BCUT2D eigenvalue weighted by Gasteiger charge is 2.16. The molecule has 0 aromatic heterocycles. The number of methoxy groups -OCH3 is 1. The maximum Gasteiger partial charge on any atom is 0.236 e. The van der Waals surface area contributed by atoms with Gasteiger partial charge >= 0.3 is 0 Å². The van der Waals surface area contributed by atoms with Gasteiger partial charge in [-0.1, -0.05) is 23.7 Å². The third-order valence-corrected chi connectivity index (χ3v) is 3.30. The van der Waals surface area contributed by atoms with Gasteiger partial charge in [0.15, 0.2) is 0 Å². The molecule has 114 valence electrons. The Morgan fingerprint density at radius 1 is 1.50 bits per heavy atom. The first-order valence-corrected chi connectivity index (χ1v) is 6.65. The van der Waals surface area contributed by atoms with E-state index in [0.717, 1.165) is 5.56 Å². The van der Waals surface area contributed by atoms with Crippen LogP contribution in [0.1, 0.15) is 18.5 Å². The van der Waals surface area contributed by atoms with Crippen LogP contribution < -0.4 is 5.32 Å². The van der Waals surface area contributed by atoms with Gasteiger partial charge in [0.05, 0.1) is 19.2 Å². The van der Waals surface area contributed by atoms with Crippen molar-refractivity contribution in [3.63, 3.8) is 0 Å². The summed E-state index contributed by atoms with van der Waals surface area (Å²) < 4.78 is 4.91.